The van der Waals surface area contributed by atoms with Gasteiger partial charge in [0.15, 0.2) is 0 Å². The predicted octanol–water partition coefficient (Wildman–Crippen LogP) is 3.30. The molecule has 6 heteroatoms. The van der Waals surface area contributed by atoms with Gasteiger partial charge in [-0.3, -0.25) is 9.59 Å². The van der Waals surface area contributed by atoms with Crippen molar-refractivity contribution in [3.8, 4) is 0 Å². The fourth-order valence-corrected chi connectivity index (χ4v) is 3.26. The lowest BCUT2D eigenvalue weighted by molar-refractivity contribution is -0.139. The Morgan fingerprint density at radius 2 is 1.82 bits per heavy atom. The second kappa shape index (κ2) is 8.44. The molecule has 28 heavy (non-hydrogen) atoms. The molecule has 6 nitrogen and oxygen atoms in total. The van der Waals surface area contributed by atoms with Gasteiger partial charge in [0.05, 0.1) is 18.5 Å². The highest BCUT2D eigenvalue weighted by Gasteiger charge is 2.28. The van der Waals surface area contributed by atoms with Gasteiger partial charge in [-0.2, -0.15) is 0 Å². The highest BCUT2D eigenvalue weighted by atomic mass is 16.5. The summed E-state index contributed by atoms with van der Waals surface area (Å²) in [5.74, 6) is -0.0858. The van der Waals surface area contributed by atoms with Crippen LogP contribution in [0.15, 0.2) is 46.7 Å². The van der Waals surface area contributed by atoms with E-state index >= 15 is 0 Å². The number of amides is 2. The summed E-state index contributed by atoms with van der Waals surface area (Å²) in [4.78, 5) is 27.6. The quantitative estimate of drug-likeness (QED) is 0.824. The number of morpholine rings is 1. The smallest absolute Gasteiger partial charge is 0.270 e. The number of hydrogen-bond donors (Lipinski definition) is 1. The molecule has 1 aliphatic heterocycles. The third-order valence-electron chi connectivity index (χ3n) is 4.78. The summed E-state index contributed by atoms with van der Waals surface area (Å²) < 4.78 is 11.1. The van der Waals surface area contributed by atoms with Gasteiger partial charge in [-0.15, -0.1) is 0 Å². The van der Waals surface area contributed by atoms with E-state index in [-0.39, 0.29) is 29.7 Å². The Bertz CT molecular complexity index is 876. The molecule has 2 aromatic rings. The molecule has 1 aromatic carbocycles. The normalized spacial score (nSPS) is 20.1. The van der Waals surface area contributed by atoms with Crippen molar-refractivity contribution in [1.82, 2.24) is 10.2 Å². The number of benzene rings is 1. The minimum Gasteiger partial charge on any atom is -0.465 e. The van der Waals surface area contributed by atoms with Gasteiger partial charge in [0, 0.05) is 24.7 Å². The first-order valence-corrected chi connectivity index (χ1v) is 9.42. The molecule has 0 saturated carbocycles. The molecule has 1 saturated heterocycles. The van der Waals surface area contributed by atoms with Gasteiger partial charge in [-0.25, -0.2) is 0 Å². The first kappa shape index (κ1) is 19.9. The second-order valence-electron chi connectivity index (χ2n) is 7.29. The van der Waals surface area contributed by atoms with Crippen molar-refractivity contribution in [1.29, 1.82) is 0 Å². The average Bonchev–Trinajstić information content (AvgIpc) is 3.15. The molecule has 3 rings (SSSR count). The van der Waals surface area contributed by atoms with E-state index in [0.29, 0.717) is 24.4 Å². The van der Waals surface area contributed by atoms with Crippen molar-refractivity contribution >= 4 is 17.9 Å². The summed E-state index contributed by atoms with van der Waals surface area (Å²) >= 11 is 0. The van der Waals surface area contributed by atoms with E-state index in [1.54, 1.807) is 29.2 Å². The fraction of sp³-hybridized carbons (Fsp3) is 0.364. The number of aryl methyl sites for hydroxylation is 2. The Kier molecular flexibility index (Phi) is 5.99. The van der Waals surface area contributed by atoms with Crippen LogP contribution in [0.3, 0.4) is 0 Å². The Balaban J connectivity index is 1.86. The highest BCUT2D eigenvalue weighted by molar-refractivity contribution is 6.05. The van der Waals surface area contributed by atoms with Crippen molar-refractivity contribution in [2.45, 2.75) is 39.9 Å². The molecule has 0 unspecified atom stereocenters. The molecule has 148 valence electrons. The average molecular weight is 382 g/mol. The third-order valence-corrected chi connectivity index (χ3v) is 4.78. The van der Waals surface area contributed by atoms with Gasteiger partial charge >= 0.3 is 0 Å². The number of hydrogen-bond acceptors (Lipinski definition) is 4. The zero-order valence-corrected chi connectivity index (χ0v) is 16.7. The van der Waals surface area contributed by atoms with Crippen molar-refractivity contribution in [3.05, 3.63) is 64.7 Å². The van der Waals surface area contributed by atoms with Gasteiger partial charge < -0.3 is 19.4 Å². The molecule has 0 radical (unpaired) electrons. The maximum Gasteiger partial charge on any atom is 0.270 e. The highest BCUT2D eigenvalue weighted by Crippen LogP contribution is 2.16. The summed E-state index contributed by atoms with van der Waals surface area (Å²) in [5.41, 5.74) is 2.81. The Hall–Kier alpha value is -2.86. The van der Waals surface area contributed by atoms with Crippen molar-refractivity contribution in [3.63, 3.8) is 0 Å². The van der Waals surface area contributed by atoms with Crippen LogP contribution in [0, 0.1) is 13.8 Å². The Morgan fingerprint density at radius 1 is 1.11 bits per heavy atom. The number of ether oxygens (including phenoxy) is 1. The lowest BCUT2D eigenvalue weighted by Crippen LogP contribution is -2.50. The second-order valence-corrected chi connectivity index (χ2v) is 7.29. The van der Waals surface area contributed by atoms with Crippen LogP contribution in [0.1, 0.15) is 41.1 Å². The summed E-state index contributed by atoms with van der Waals surface area (Å²) in [6.45, 7) is 8.74. The van der Waals surface area contributed by atoms with E-state index < -0.39 is 0 Å². The Morgan fingerprint density at radius 3 is 2.43 bits per heavy atom. The maximum absolute atomic E-state index is 13.1. The standard InChI is InChI=1S/C22H26N2O4/c1-14-7-8-18(10-15(14)2)21(25)23-20(11-19-6-5-9-27-19)22(26)24-12-16(3)28-17(4)13-24/h5-11,16-17H,12-13H2,1-4H3,(H,23,25)/b20-11+/t16-,17+. The lowest BCUT2D eigenvalue weighted by Gasteiger charge is -2.35. The van der Waals surface area contributed by atoms with Gasteiger partial charge in [-0.05, 0) is 63.1 Å². The minimum absolute atomic E-state index is 0.0620. The number of nitrogens with zero attached hydrogens (tertiary/aromatic N) is 1. The maximum atomic E-state index is 13.1. The molecular formula is C22H26N2O4. The third kappa shape index (κ3) is 4.70. The molecule has 0 aliphatic carbocycles. The monoisotopic (exact) mass is 382 g/mol. The topological polar surface area (TPSA) is 71.8 Å². The van der Waals surface area contributed by atoms with Crippen LogP contribution in [0.2, 0.25) is 0 Å². The van der Waals surface area contributed by atoms with E-state index in [4.69, 9.17) is 9.15 Å². The molecule has 1 fully saturated rings. The molecule has 2 amide bonds. The lowest BCUT2D eigenvalue weighted by atomic mass is 10.1. The summed E-state index contributed by atoms with van der Waals surface area (Å²) in [6, 6.07) is 8.94. The molecule has 1 aromatic heterocycles. The van der Waals surface area contributed by atoms with Crippen molar-refractivity contribution in [2.75, 3.05) is 13.1 Å². The molecule has 0 bridgehead atoms. The van der Waals surface area contributed by atoms with Gasteiger partial charge in [0.25, 0.3) is 11.8 Å². The number of nitrogens with one attached hydrogen (secondary N) is 1. The largest absolute Gasteiger partial charge is 0.465 e. The van der Waals surface area contributed by atoms with E-state index in [0.717, 1.165) is 11.1 Å². The zero-order chi connectivity index (χ0) is 20.3. The molecule has 1 aliphatic rings. The first-order valence-electron chi connectivity index (χ1n) is 9.42. The molecule has 2 atom stereocenters. The van der Waals surface area contributed by atoms with Crippen LogP contribution in [-0.4, -0.2) is 42.0 Å². The fourth-order valence-electron chi connectivity index (χ4n) is 3.26. The van der Waals surface area contributed by atoms with E-state index in [1.807, 2.05) is 39.8 Å². The first-order chi connectivity index (χ1) is 13.3. The van der Waals surface area contributed by atoms with Crippen LogP contribution in [0.25, 0.3) is 6.08 Å². The summed E-state index contributed by atoms with van der Waals surface area (Å²) in [7, 11) is 0. The molecule has 1 N–H and O–H groups in total. The summed E-state index contributed by atoms with van der Waals surface area (Å²) in [6.07, 6.45) is 2.96. The number of furan rings is 1. The van der Waals surface area contributed by atoms with Crippen molar-refractivity contribution < 1.29 is 18.7 Å². The SMILES string of the molecule is Cc1ccc(C(=O)N/C(=C/c2ccco2)C(=O)N2C[C@@H](C)O[C@@H](C)C2)cc1C. The molecular weight excluding hydrogens is 356 g/mol. The van der Waals surface area contributed by atoms with Gasteiger partial charge in [-0.1, -0.05) is 6.07 Å². The molecule has 0 spiro atoms. The van der Waals surface area contributed by atoms with E-state index in [9.17, 15) is 9.59 Å². The number of carbonyl (C=O) groups is 2. The van der Waals surface area contributed by atoms with Crippen LogP contribution in [-0.2, 0) is 9.53 Å². The predicted molar refractivity (Wildman–Crippen MR) is 107 cm³/mol. The van der Waals surface area contributed by atoms with Gasteiger partial charge in [0.2, 0.25) is 0 Å². The Labute approximate surface area is 165 Å². The zero-order valence-electron chi connectivity index (χ0n) is 16.7. The van der Waals surface area contributed by atoms with E-state index in [2.05, 4.69) is 5.32 Å². The minimum atomic E-state index is -0.330. The number of carbonyl (C=O) groups excluding carboxylic acids is 2. The van der Waals surface area contributed by atoms with Crippen molar-refractivity contribution in [2.24, 2.45) is 0 Å². The van der Waals surface area contributed by atoms with Crippen LogP contribution in [0.5, 0.6) is 0 Å². The van der Waals surface area contributed by atoms with E-state index in [1.165, 1.54) is 6.26 Å². The number of rotatable bonds is 4. The van der Waals surface area contributed by atoms with Crippen LogP contribution >= 0.6 is 0 Å². The van der Waals surface area contributed by atoms with Crippen LogP contribution in [0.4, 0.5) is 0 Å². The van der Waals surface area contributed by atoms with Crippen LogP contribution < -0.4 is 5.32 Å². The molecule has 2 heterocycles. The summed E-state index contributed by atoms with van der Waals surface area (Å²) in [5, 5.41) is 2.78. The van der Waals surface area contributed by atoms with Gasteiger partial charge in [0.1, 0.15) is 11.5 Å².